The lowest BCUT2D eigenvalue weighted by Gasteiger charge is -2.19. The van der Waals surface area contributed by atoms with Gasteiger partial charge in [-0.05, 0) is 53.5 Å². The molecule has 1 heterocycles. The minimum Gasteiger partial charge on any atom is -0.333 e. The van der Waals surface area contributed by atoms with E-state index in [1.54, 1.807) is 17.0 Å². The molecule has 114 valence electrons. The van der Waals surface area contributed by atoms with Crippen LogP contribution >= 0.6 is 27.5 Å². The number of aryl methyl sites for hydroxylation is 1. The van der Waals surface area contributed by atoms with Crippen molar-refractivity contribution in [1.82, 2.24) is 10.2 Å². The van der Waals surface area contributed by atoms with Gasteiger partial charge in [0, 0.05) is 29.1 Å². The summed E-state index contributed by atoms with van der Waals surface area (Å²) in [5.74, 6) is -1.15. The van der Waals surface area contributed by atoms with Crippen molar-refractivity contribution in [2.75, 3.05) is 31.5 Å². The number of amides is 2. The fourth-order valence-electron chi connectivity index (χ4n) is 2.11. The molecule has 1 aromatic carbocycles. The van der Waals surface area contributed by atoms with E-state index in [4.69, 9.17) is 11.6 Å². The normalized spacial score (nSPS) is 15.5. The van der Waals surface area contributed by atoms with Gasteiger partial charge < -0.3 is 15.5 Å². The van der Waals surface area contributed by atoms with Crippen LogP contribution in [0.1, 0.15) is 12.0 Å². The molecule has 0 saturated carbocycles. The Morgan fingerprint density at radius 1 is 1.33 bits per heavy atom. The monoisotopic (exact) mass is 373 g/mol. The molecule has 2 N–H and O–H groups in total. The quantitative estimate of drug-likeness (QED) is 0.741. The summed E-state index contributed by atoms with van der Waals surface area (Å²) in [7, 11) is 0. The highest BCUT2D eigenvalue weighted by Gasteiger charge is 2.23. The van der Waals surface area contributed by atoms with Crippen LogP contribution in [-0.4, -0.2) is 42.9 Å². The van der Waals surface area contributed by atoms with Gasteiger partial charge >= 0.3 is 11.8 Å². The summed E-state index contributed by atoms with van der Waals surface area (Å²) >= 11 is 9.40. The van der Waals surface area contributed by atoms with E-state index in [1.165, 1.54) is 0 Å². The molecule has 0 bridgehead atoms. The maximum absolute atomic E-state index is 12.2. The molecule has 1 saturated heterocycles. The Morgan fingerprint density at radius 2 is 2.10 bits per heavy atom. The first-order valence-corrected chi connectivity index (χ1v) is 7.93. The second-order valence-electron chi connectivity index (χ2n) is 4.93. The Bertz CT molecular complexity index is 557. The Balaban J connectivity index is 2.06. The Hall–Kier alpha value is -1.11. The van der Waals surface area contributed by atoms with E-state index < -0.39 is 11.8 Å². The average Bonchev–Trinajstić information content (AvgIpc) is 2.72. The molecule has 0 radical (unpaired) electrons. The third kappa shape index (κ3) is 4.18. The predicted molar refractivity (Wildman–Crippen MR) is 86.6 cm³/mol. The molecule has 0 atom stereocenters. The van der Waals surface area contributed by atoms with Crippen LogP contribution in [0.4, 0.5) is 5.69 Å². The number of benzene rings is 1. The fourth-order valence-corrected chi connectivity index (χ4v) is 2.83. The second-order valence-corrected chi connectivity index (χ2v) is 6.19. The molecule has 2 amide bonds. The first kappa shape index (κ1) is 16.3. The summed E-state index contributed by atoms with van der Waals surface area (Å²) in [6.45, 7) is 4.58. The van der Waals surface area contributed by atoms with Crippen LogP contribution in [0.3, 0.4) is 0 Å². The zero-order valence-electron chi connectivity index (χ0n) is 11.7. The first-order chi connectivity index (χ1) is 9.99. The number of hydrogen-bond donors (Lipinski definition) is 2. The zero-order chi connectivity index (χ0) is 15.4. The molecule has 21 heavy (non-hydrogen) atoms. The van der Waals surface area contributed by atoms with Gasteiger partial charge in [-0.3, -0.25) is 9.59 Å². The maximum atomic E-state index is 12.2. The van der Waals surface area contributed by atoms with Gasteiger partial charge in [0.05, 0.1) is 5.69 Å². The van der Waals surface area contributed by atoms with Crippen molar-refractivity contribution in [1.29, 1.82) is 0 Å². The molecule has 5 nitrogen and oxygen atoms in total. The number of rotatable bonds is 1. The molecular weight excluding hydrogens is 358 g/mol. The standard InChI is InChI=1S/C14H17BrClN3O2/c1-9-7-10(15)12(8-11(9)16)18-13(20)14(21)19-5-2-3-17-4-6-19/h7-8,17H,2-6H2,1H3,(H,18,20). The van der Waals surface area contributed by atoms with E-state index in [0.717, 1.165) is 18.5 Å². The fraction of sp³-hybridized carbons (Fsp3) is 0.429. The van der Waals surface area contributed by atoms with Crippen molar-refractivity contribution < 1.29 is 9.59 Å². The van der Waals surface area contributed by atoms with Crippen molar-refractivity contribution in [3.05, 3.63) is 27.2 Å². The lowest BCUT2D eigenvalue weighted by molar-refractivity contribution is -0.143. The van der Waals surface area contributed by atoms with Crippen LogP contribution < -0.4 is 10.6 Å². The lowest BCUT2D eigenvalue weighted by atomic mass is 10.2. The minimum absolute atomic E-state index is 0.497. The van der Waals surface area contributed by atoms with Crippen LogP contribution in [-0.2, 0) is 9.59 Å². The summed E-state index contributed by atoms with van der Waals surface area (Å²) in [6, 6.07) is 3.44. The number of nitrogens with zero attached hydrogens (tertiary/aromatic N) is 1. The number of nitrogens with one attached hydrogen (secondary N) is 2. The highest BCUT2D eigenvalue weighted by Crippen LogP contribution is 2.29. The summed E-state index contributed by atoms with van der Waals surface area (Å²) < 4.78 is 0.697. The number of hydrogen-bond acceptors (Lipinski definition) is 3. The van der Waals surface area contributed by atoms with E-state index >= 15 is 0 Å². The van der Waals surface area contributed by atoms with Gasteiger partial charge in [-0.1, -0.05) is 11.6 Å². The summed E-state index contributed by atoms with van der Waals surface area (Å²) in [4.78, 5) is 25.8. The predicted octanol–water partition coefficient (Wildman–Crippen LogP) is 2.17. The van der Waals surface area contributed by atoms with Gasteiger partial charge in [0.25, 0.3) is 0 Å². The average molecular weight is 375 g/mol. The zero-order valence-corrected chi connectivity index (χ0v) is 14.1. The van der Waals surface area contributed by atoms with Gasteiger partial charge in [0.1, 0.15) is 0 Å². The third-order valence-corrected chi connectivity index (χ3v) is 4.38. The lowest BCUT2D eigenvalue weighted by Crippen LogP contribution is -2.41. The first-order valence-electron chi connectivity index (χ1n) is 6.75. The van der Waals surface area contributed by atoms with E-state index in [-0.39, 0.29) is 0 Å². The smallest absolute Gasteiger partial charge is 0.313 e. The van der Waals surface area contributed by atoms with Crippen molar-refractivity contribution >= 4 is 45.0 Å². The topological polar surface area (TPSA) is 61.4 Å². The molecule has 1 fully saturated rings. The molecule has 0 aliphatic carbocycles. The second kappa shape index (κ2) is 7.24. The molecule has 1 aromatic rings. The molecule has 0 spiro atoms. The van der Waals surface area contributed by atoms with Crippen LogP contribution in [0.5, 0.6) is 0 Å². The highest BCUT2D eigenvalue weighted by molar-refractivity contribution is 9.10. The number of carbonyl (C=O) groups excluding carboxylic acids is 2. The van der Waals surface area contributed by atoms with Gasteiger partial charge in [0.2, 0.25) is 0 Å². The molecule has 1 aliphatic rings. The molecular formula is C14H17BrClN3O2. The number of anilines is 1. The summed E-state index contributed by atoms with van der Waals surface area (Å²) in [6.07, 6.45) is 0.846. The van der Waals surface area contributed by atoms with Gasteiger partial charge in [-0.15, -0.1) is 0 Å². The van der Waals surface area contributed by atoms with E-state index in [2.05, 4.69) is 26.6 Å². The van der Waals surface area contributed by atoms with Crippen LogP contribution in [0.2, 0.25) is 5.02 Å². The molecule has 7 heteroatoms. The highest BCUT2D eigenvalue weighted by atomic mass is 79.9. The Morgan fingerprint density at radius 3 is 2.86 bits per heavy atom. The molecule has 0 aromatic heterocycles. The van der Waals surface area contributed by atoms with Crippen LogP contribution in [0.25, 0.3) is 0 Å². The third-order valence-electron chi connectivity index (χ3n) is 3.32. The summed E-state index contributed by atoms with van der Waals surface area (Å²) in [5, 5.41) is 6.35. The molecule has 2 rings (SSSR count). The van der Waals surface area contributed by atoms with E-state index in [9.17, 15) is 9.59 Å². The number of carbonyl (C=O) groups is 2. The van der Waals surface area contributed by atoms with Gasteiger partial charge in [0.15, 0.2) is 0 Å². The van der Waals surface area contributed by atoms with Gasteiger partial charge in [-0.25, -0.2) is 0 Å². The van der Waals surface area contributed by atoms with E-state index in [0.29, 0.717) is 34.8 Å². The maximum Gasteiger partial charge on any atom is 0.313 e. The Kier molecular flexibility index (Phi) is 5.61. The van der Waals surface area contributed by atoms with Gasteiger partial charge in [-0.2, -0.15) is 0 Å². The van der Waals surface area contributed by atoms with Crippen molar-refractivity contribution in [3.8, 4) is 0 Å². The largest absolute Gasteiger partial charge is 0.333 e. The minimum atomic E-state index is -0.641. The number of halogens is 2. The summed E-state index contributed by atoms with van der Waals surface area (Å²) in [5.41, 5.74) is 1.39. The molecule has 0 unspecified atom stereocenters. The van der Waals surface area contributed by atoms with Crippen molar-refractivity contribution in [3.63, 3.8) is 0 Å². The molecule has 1 aliphatic heterocycles. The Labute approximate surface area is 137 Å². The SMILES string of the molecule is Cc1cc(Br)c(NC(=O)C(=O)N2CCCNCC2)cc1Cl. The van der Waals surface area contributed by atoms with Crippen molar-refractivity contribution in [2.24, 2.45) is 0 Å². The van der Waals surface area contributed by atoms with Crippen LogP contribution in [0, 0.1) is 6.92 Å². The van der Waals surface area contributed by atoms with Crippen molar-refractivity contribution in [2.45, 2.75) is 13.3 Å². The van der Waals surface area contributed by atoms with Crippen LogP contribution in [0.15, 0.2) is 16.6 Å². The van der Waals surface area contributed by atoms with E-state index in [1.807, 2.05) is 6.92 Å².